The Kier molecular flexibility index (Phi) is 2.82. The first-order chi connectivity index (χ1) is 5.18. The Morgan fingerprint density at radius 3 is 2.73 bits per heavy atom. The monoisotopic (exact) mass is 172 g/mol. The summed E-state index contributed by atoms with van der Waals surface area (Å²) in [5.74, 6) is 0.527. The van der Waals surface area contributed by atoms with E-state index >= 15 is 0 Å². The summed E-state index contributed by atoms with van der Waals surface area (Å²) in [5.41, 5.74) is 0. The largest absolute Gasteiger partial charge is 0.463 e. The lowest BCUT2D eigenvalue weighted by molar-refractivity contribution is 0.254. The zero-order valence-corrected chi connectivity index (χ0v) is 7.81. The van der Waals surface area contributed by atoms with Gasteiger partial charge in [-0.15, -0.1) is 4.37 Å². The van der Waals surface area contributed by atoms with Crippen LogP contribution in [0.4, 0.5) is 0 Å². The number of hydrogen-bond donors (Lipinski definition) is 0. The van der Waals surface area contributed by atoms with Crippen LogP contribution < -0.4 is 4.74 Å². The highest BCUT2D eigenvalue weighted by Crippen LogP contribution is 2.09. The van der Waals surface area contributed by atoms with Crippen molar-refractivity contribution in [1.29, 1.82) is 0 Å². The molecule has 0 amide bonds. The van der Waals surface area contributed by atoms with Gasteiger partial charge >= 0.3 is 6.01 Å². The zero-order valence-electron chi connectivity index (χ0n) is 7.00. The van der Waals surface area contributed by atoms with Crippen LogP contribution in [-0.4, -0.2) is 16.0 Å². The maximum absolute atomic E-state index is 5.28. The SMILES string of the molecule is Cc1nc(OCC(C)C)ns1. The Balaban J connectivity index is 2.39. The van der Waals surface area contributed by atoms with Gasteiger partial charge in [0.15, 0.2) is 0 Å². The van der Waals surface area contributed by atoms with Crippen molar-refractivity contribution < 1.29 is 4.74 Å². The standard InChI is InChI=1S/C7H12N2OS/c1-5(2)4-10-7-8-6(3)11-9-7/h5H,4H2,1-3H3. The first kappa shape index (κ1) is 8.46. The number of nitrogens with zero attached hydrogens (tertiary/aromatic N) is 2. The van der Waals surface area contributed by atoms with Gasteiger partial charge < -0.3 is 4.74 Å². The van der Waals surface area contributed by atoms with Gasteiger partial charge in [-0.05, 0) is 24.4 Å². The maximum atomic E-state index is 5.28. The Labute approximate surface area is 70.6 Å². The second-order valence-corrected chi connectivity index (χ2v) is 3.76. The van der Waals surface area contributed by atoms with E-state index in [2.05, 4.69) is 23.2 Å². The van der Waals surface area contributed by atoms with E-state index in [-0.39, 0.29) is 0 Å². The van der Waals surface area contributed by atoms with Crippen LogP contribution in [0.25, 0.3) is 0 Å². The average Bonchev–Trinajstić information content (AvgIpc) is 2.31. The summed E-state index contributed by atoms with van der Waals surface area (Å²) in [5, 5.41) is 0.948. The number of ether oxygens (including phenoxy) is 1. The molecule has 1 rings (SSSR count). The van der Waals surface area contributed by atoms with E-state index in [1.807, 2.05) is 6.92 Å². The summed E-state index contributed by atoms with van der Waals surface area (Å²) >= 11 is 1.37. The van der Waals surface area contributed by atoms with Crippen LogP contribution in [0, 0.1) is 12.8 Å². The maximum Gasteiger partial charge on any atom is 0.328 e. The molecule has 0 bridgehead atoms. The predicted octanol–water partition coefficient (Wildman–Crippen LogP) is 1.88. The summed E-state index contributed by atoms with van der Waals surface area (Å²) in [6, 6.07) is 0.515. The molecule has 0 aromatic carbocycles. The van der Waals surface area contributed by atoms with Gasteiger partial charge in [0.1, 0.15) is 5.01 Å². The van der Waals surface area contributed by atoms with Gasteiger partial charge in [-0.25, -0.2) is 0 Å². The molecule has 62 valence electrons. The van der Waals surface area contributed by atoms with Crippen molar-refractivity contribution in [3.8, 4) is 6.01 Å². The number of aromatic nitrogens is 2. The fraction of sp³-hybridized carbons (Fsp3) is 0.714. The lowest BCUT2D eigenvalue weighted by atomic mass is 10.2. The van der Waals surface area contributed by atoms with E-state index in [9.17, 15) is 0 Å². The van der Waals surface area contributed by atoms with E-state index < -0.39 is 0 Å². The highest BCUT2D eigenvalue weighted by atomic mass is 32.1. The summed E-state index contributed by atoms with van der Waals surface area (Å²) in [6.45, 7) is 6.80. The van der Waals surface area contributed by atoms with Crippen LogP contribution in [0.1, 0.15) is 18.9 Å². The van der Waals surface area contributed by atoms with E-state index in [1.54, 1.807) is 0 Å². The van der Waals surface area contributed by atoms with Crippen LogP contribution in [0.15, 0.2) is 0 Å². The third-order valence-electron chi connectivity index (χ3n) is 1.05. The van der Waals surface area contributed by atoms with Gasteiger partial charge in [0.2, 0.25) is 0 Å². The molecule has 0 aliphatic heterocycles. The molecule has 1 heterocycles. The molecule has 4 heteroatoms. The van der Waals surface area contributed by atoms with Gasteiger partial charge in [0.05, 0.1) is 6.61 Å². The molecule has 11 heavy (non-hydrogen) atoms. The summed E-state index contributed by atoms with van der Waals surface area (Å²) in [7, 11) is 0. The predicted molar refractivity (Wildman–Crippen MR) is 45.0 cm³/mol. The molecule has 0 N–H and O–H groups in total. The molecule has 1 aromatic rings. The minimum absolute atomic E-state index is 0.515. The second kappa shape index (κ2) is 3.67. The average molecular weight is 172 g/mol. The van der Waals surface area contributed by atoms with Gasteiger partial charge in [0.25, 0.3) is 0 Å². The Hall–Kier alpha value is -0.640. The van der Waals surface area contributed by atoms with Crippen LogP contribution >= 0.6 is 11.5 Å². The third kappa shape index (κ3) is 2.84. The minimum atomic E-state index is 0.515. The lowest BCUT2D eigenvalue weighted by Gasteiger charge is -2.02. The van der Waals surface area contributed by atoms with E-state index in [4.69, 9.17) is 4.74 Å². The van der Waals surface area contributed by atoms with Crippen LogP contribution in [-0.2, 0) is 0 Å². The topological polar surface area (TPSA) is 35.0 Å². The number of aryl methyl sites for hydroxylation is 1. The van der Waals surface area contributed by atoms with Crippen molar-refractivity contribution in [3.63, 3.8) is 0 Å². The van der Waals surface area contributed by atoms with Crippen LogP contribution in [0.5, 0.6) is 6.01 Å². The molecule has 0 aliphatic carbocycles. The summed E-state index contributed by atoms with van der Waals surface area (Å²) in [4.78, 5) is 4.07. The van der Waals surface area contributed by atoms with Crippen LogP contribution in [0.3, 0.4) is 0 Å². The van der Waals surface area contributed by atoms with Crippen molar-refractivity contribution in [2.24, 2.45) is 5.92 Å². The quantitative estimate of drug-likeness (QED) is 0.698. The third-order valence-corrected chi connectivity index (χ3v) is 1.66. The van der Waals surface area contributed by atoms with E-state index in [0.29, 0.717) is 18.5 Å². The molecule has 0 atom stereocenters. The Morgan fingerprint density at radius 2 is 2.27 bits per heavy atom. The van der Waals surface area contributed by atoms with Crippen molar-refractivity contribution in [3.05, 3.63) is 5.01 Å². The normalized spacial score (nSPS) is 10.5. The molecule has 0 saturated heterocycles. The molecular weight excluding hydrogens is 160 g/mol. The van der Waals surface area contributed by atoms with Gasteiger partial charge in [-0.1, -0.05) is 13.8 Å². The zero-order chi connectivity index (χ0) is 8.27. The number of rotatable bonds is 3. The molecule has 3 nitrogen and oxygen atoms in total. The highest BCUT2D eigenvalue weighted by Gasteiger charge is 2.01. The van der Waals surface area contributed by atoms with Gasteiger partial charge in [-0.3, -0.25) is 0 Å². The van der Waals surface area contributed by atoms with Gasteiger partial charge in [-0.2, -0.15) is 4.98 Å². The molecule has 0 radical (unpaired) electrons. The van der Waals surface area contributed by atoms with Crippen molar-refractivity contribution in [2.75, 3.05) is 6.61 Å². The molecule has 0 spiro atoms. The fourth-order valence-corrected chi connectivity index (χ4v) is 1.00. The van der Waals surface area contributed by atoms with E-state index in [0.717, 1.165) is 5.01 Å². The minimum Gasteiger partial charge on any atom is -0.463 e. The lowest BCUT2D eigenvalue weighted by Crippen LogP contribution is -2.05. The fourth-order valence-electron chi connectivity index (χ4n) is 0.580. The number of hydrogen-bond acceptors (Lipinski definition) is 4. The second-order valence-electron chi connectivity index (χ2n) is 2.80. The smallest absolute Gasteiger partial charge is 0.328 e. The molecular formula is C7H12N2OS. The molecule has 1 aromatic heterocycles. The Bertz CT molecular complexity index is 222. The summed E-state index contributed by atoms with van der Waals surface area (Å²) in [6.07, 6.45) is 0. The molecule has 0 unspecified atom stereocenters. The molecule has 0 fully saturated rings. The molecule has 0 aliphatic rings. The van der Waals surface area contributed by atoms with Crippen LogP contribution in [0.2, 0.25) is 0 Å². The first-order valence-electron chi connectivity index (χ1n) is 3.61. The van der Waals surface area contributed by atoms with Crippen molar-refractivity contribution >= 4 is 11.5 Å². The Morgan fingerprint density at radius 1 is 1.55 bits per heavy atom. The van der Waals surface area contributed by atoms with E-state index in [1.165, 1.54) is 11.5 Å². The summed E-state index contributed by atoms with van der Waals surface area (Å²) < 4.78 is 9.27. The van der Waals surface area contributed by atoms with Crippen molar-refractivity contribution in [1.82, 2.24) is 9.36 Å². The van der Waals surface area contributed by atoms with Gasteiger partial charge in [0, 0.05) is 0 Å². The van der Waals surface area contributed by atoms with Crippen molar-refractivity contribution in [2.45, 2.75) is 20.8 Å². The molecule has 0 saturated carbocycles. The highest BCUT2D eigenvalue weighted by molar-refractivity contribution is 7.05. The first-order valence-corrected chi connectivity index (χ1v) is 4.39.